The van der Waals surface area contributed by atoms with Crippen molar-refractivity contribution in [3.8, 4) is 0 Å². The zero-order valence-corrected chi connectivity index (χ0v) is 17.2. The highest BCUT2D eigenvalue weighted by atomic mass is 32.2. The van der Waals surface area contributed by atoms with Crippen LogP contribution in [0.3, 0.4) is 0 Å². The first kappa shape index (κ1) is 20.5. The summed E-state index contributed by atoms with van der Waals surface area (Å²) in [5, 5.41) is 15.5. The van der Waals surface area contributed by atoms with E-state index in [0.29, 0.717) is 6.54 Å². The number of thioether (sulfide) groups is 1. The molecule has 27 heavy (non-hydrogen) atoms. The van der Waals surface area contributed by atoms with Crippen LogP contribution in [0, 0.1) is 11.8 Å². The van der Waals surface area contributed by atoms with Crippen molar-refractivity contribution in [3.05, 3.63) is 0 Å². The molecule has 2 unspecified atom stereocenters. The van der Waals surface area contributed by atoms with E-state index in [9.17, 15) is 19.5 Å². The summed E-state index contributed by atoms with van der Waals surface area (Å²) in [7, 11) is 1.59. The van der Waals surface area contributed by atoms with Crippen LogP contribution in [0.15, 0.2) is 0 Å². The molecule has 3 aliphatic heterocycles. The highest BCUT2D eigenvalue weighted by Crippen LogP contribution is 2.66. The van der Waals surface area contributed by atoms with Gasteiger partial charge in [-0.05, 0) is 26.2 Å². The predicted molar refractivity (Wildman–Crippen MR) is 104 cm³/mol. The Morgan fingerprint density at radius 2 is 2.11 bits per heavy atom. The lowest BCUT2D eigenvalue weighted by atomic mass is 9.71. The molecule has 6 atom stereocenters. The van der Waals surface area contributed by atoms with E-state index in [-0.39, 0.29) is 29.6 Å². The van der Waals surface area contributed by atoms with Crippen molar-refractivity contribution in [2.75, 3.05) is 20.2 Å². The fourth-order valence-electron chi connectivity index (χ4n) is 5.10. The van der Waals surface area contributed by atoms with Crippen molar-refractivity contribution in [3.63, 3.8) is 0 Å². The van der Waals surface area contributed by atoms with E-state index >= 15 is 0 Å². The summed E-state index contributed by atoms with van der Waals surface area (Å²) in [4.78, 5) is 40.6. The van der Waals surface area contributed by atoms with E-state index in [1.54, 1.807) is 30.6 Å². The minimum atomic E-state index is -0.622. The third-order valence-electron chi connectivity index (χ3n) is 6.35. The van der Waals surface area contributed by atoms with E-state index < -0.39 is 28.7 Å². The van der Waals surface area contributed by atoms with E-state index in [4.69, 9.17) is 0 Å². The Kier molecular flexibility index (Phi) is 6.05. The van der Waals surface area contributed by atoms with Gasteiger partial charge in [0.25, 0.3) is 0 Å². The highest BCUT2D eigenvalue weighted by molar-refractivity contribution is 8.02. The zero-order chi connectivity index (χ0) is 19.8. The SMILES string of the molecule is CCCCCNC(=O)C1N([C@H](C)CO)C(=O)[C@@H]2[C@@H](C(=O)NC)[C@H]3CCC12S3. The predicted octanol–water partition coefficient (Wildman–Crippen LogP) is 0.511. The van der Waals surface area contributed by atoms with Gasteiger partial charge < -0.3 is 20.6 Å². The van der Waals surface area contributed by atoms with Crippen LogP contribution >= 0.6 is 11.8 Å². The maximum Gasteiger partial charge on any atom is 0.244 e. The van der Waals surface area contributed by atoms with Crippen LogP contribution in [0.1, 0.15) is 46.0 Å². The van der Waals surface area contributed by atoms with E-state index in [0.717, 1.165) is 32.1 Å². The molecule has 3 heterocycles. The number of hydrogen-bond donors (Lipinski definition) is 3. The number of aliphatic hydroxyl groups excluding tert-OH is 1. The standard InChI is InChI=1S/C19H31N3O4S/c1-4-5-6-9-21-17(25)15-19-8-7-12(27-19)13(16(24)20-3)14(19)18(26)22(15)11(2)10-23/h11-15,23H,4-10H2,1-3H3,(H,20,24)(H,21,25)/t11-,12-,13+,14+,15?,19?/m1/s1. The third-order valence-corrected chi connectivity index (χ3v) is 8.31. The van der Waals surface area contributed by atoms with Crippen molar-refractivity contribution in [2.45, 2.75) is 68.0 Å². The van der Waals surface area contributed by atoms with Crippen molar-refractivity contribution in [1.29, 1.82) is 0 Å². The molecule has 3 saturated heterocycles. The number of fused-ring (bicyclic) bond motifs is 1. The van der Waals surface area contributed by atoms with Gasteiger partial charge in [0.2, 0.25) is 17.7 Å². The first-order valence-electron chi connectivity index (χ1n) is 10.0. The van der Waals surface area contributed by atoms with E-state index in [1.807, 2.05) is 0 Å². The molecule has 152 valence electrons. The largest absolute Gasteiger partial charge is 0.394 e. The zero-order valence-electron chi connectivity index (χ0n) is 16.4. The summed E-state index contributed by atoms with van der Waals surface area (Å²) in [6.45, 7) is 4.26. The molecule has 0 aromatic rings. The average molecular weight is 398 g/mol. The number of amides is 3. The molecule has 3 N–H and O–H groups in total. The first-order valence-corrected chi connectivity index (χ1v) is 10.9. The second-order valence-corrected chi connectivity index (χ2v) is 9.55. The molecule has 1 spiro atoms. The Balaban J connectivity index is 1.91. The molecule has 0 aromatic carbocycles. The van der Waals surface area contributed by atoms with Gasteiger partial charge in [-0.15, -0.1) is 11.8 Å². The Labute approximate surface area is 165 Å². The van der Waals surface area contributed by atoms with E-state index in [1.165, 1.54) is 0 Å². The lowest BCUT2D eigenvalue weighted by Crippen LogP contribution is -2.56. The minimum absolute atomic E-state index is 0.0841. The number of likely N-dealkylation sites (tertiary alicyclic amines) is 1. The Morgan fingerprint density at radius 1 is 1.37 bits per heavy atom. The normalized spacial score (nSPS) is 35.3. The molecule has 0 saturated carbocycles. The summed E-state index contributed by atoms with van der Waals surface area (Å²) in [6.07, 6.45) is 4.62. The van der Waals surface area contributed by atoms with Gasteiger partial charge in [0, 0.05) is 18.8 Å². The molecule has 2 bridgehead atoms. The number of unbranched alkanes of at least 4 members (excludes halogenated alkanes) is 2. The van der Waals surface area contributed by atoms with Gasteiger partial charge >= 0.3 is 0 Å². The minimum Gasteiger partial charge on any atom is -0.394 e. The van der Waals surface area contributed by atoms with Gasteiger partial charge in [-0.2, -0.15) is 0 Å². The molecule has 3 fully saturated rings. The summed E-state index contributed by atoms with van der Waals surface area (Å²) in [6, 6.07) is -1.07. The molecule has 3 rings (SSSR count). The average Bonchev–Trinajstić information content (AvgIpc) is 3.31. The van der Waals surface area contributed by atoms with Gasteiger partial charge in [0.05, 0.1) is 29.2 Å². The lowest BCUT2D eigenvalue weighted by Gasteiger charge is -2.36. The van der Waals surface area contributed by atoms with Crippen molar-refractivity contribution >= 4 is 29.5 Å². The third kappa shape index (κ3) is 3.14. The Morgan fingerprint density at radius 3 is 2.74 bits per heavy atom. The van der Waals surface area contributed by atoms with Gasteiger partial charge in [0.1, 0.15) is 6.04 Å². The maximum atomic E-state index is 13.3. The maximum absolute atomic E-state index is 13.3. The van der Waals surface area contributed by atoms with Gasteiger partial charge in [-0.1, -0.05) is 19.8 Å². The number of nitrogens with one attached hydrogen (secondary N) is 2. The molecule has 8 heteroatoms. The monoisotopic (exact) mass is 397 g/mol. The van der Waals surface area contributed by atoms with Gasteiger partial charge in [0.15, 0.2) is 0 Å². The Bertz CT molecular complexity index is 616. The fourth-order valence-corrected chi connectivity index (χ4v) is 7.31. The number of nitrogens with zero attached hydrogens (tertiary/aromatic N) is 1. The molecule has 0 aromatic heterocycles. The summed E-state index contributed by atoms with van der Waals surface area (Å²) in [5.41, 5.74) is 0. The molecule has 3 amide bonds. The van der Waals surface area contributed by atoms with E-state index in [2.05, 4.69) is 17.6 Å². The van der Waals surface area contributed by atoms with Crippen LogP contribution < -0.4 is 10.6 Å². The van der Waals surface area contributed by atoms with Crippen molar-refractivity contribution < 1.29 is 19.5 Å². The van der Waals surface area contributed by atoms with Crippen LogP contribution in [0.5, 0.6) is 0 Å². The molecule has 0 aliphatic carbocycles. The van der Waals surface area contributed by atoms with Crippen LogP contribution in [0.4, 0.5) is 0 Å². The van der Waals surface area contributed by atoms with Crippen molar-refractivity contribution in [2.24, 2.45) is 11.8 Å². The molecule has 7 nitrogen and oxygen atoms in total. The fraction of sp³-hybridized carbons (Fsp3) is 0.842. The van der Waals surface area contributed by atoms with Crippen LogP contribution in [-0.2, 0) is 14.4 Å². The number of aliphatic hydroxyl groups is 1. The topological polar surface area (TPSA) is 98.7 Å². The first-order chi connectivity index (χ1) is 12.9. The molecular formula is C19H31N3O4S. The lowest BCUT2D eigenvalue weighted by molar-refractivity contribution is -0.142. The summed E-state index contributed by atoms with van der Waals surface area (Å²) in [5.74, 6) is -1.30. The summed E-state index contributed by atoms with van der Waals surface area (Å²) < 4.78 is -0.558. The molecular weight excluding hydrogens is 366 g/mol. The highest BCUT2D eigenvalue weighted by Gasteiger charge is 2.73. The summed E-state index contributed by atoms with van der Waals surface area (Å²) >= 11 is 1.65. The number of rotatable bonds is 8. The Hall–Kier alpha value is -1.28. The van der Waals surface area contributed by atoms with Crippen LogP contribution in [0.25, 0.3) is 0 Å². The number of carbonyl (C=O) groups excluding carboxylic acids is 3. The van der Waals surface area contributed by atoms with Crippen molar-refractivity contribution in [1.82, 2.24) is 15.5 Å². The van der Waals surface area contributed by atoms with Gasteiger partial charge in [-0.3, -0.25) is 14.4 Å². The van der Waals surface area contributed by atoms with Crippen LogP contribution in [0.2, 0.25) is 0 Å². The molecule has 0 radical (unpaired) electrons. The second-order valence-electron chi connectivity index (χ2n) is 7.95. The smallest absolute Gasteiger partial charge is 0.244 e. The van der Waals surface area contributed by atoms with Crippen LogP contribution in [-0.4, -0.2) is 70.0 Å². The number of hydrogen-bond acceptors (Lipinski definition) is 5. The van der Waals surface area contributed by atoms with Gasteiger partial charge in [-0.25, -0.2) is 0 Å². The number of carbonyl (C=O) groups is 3. The quantitative estimate of drug-likeness (QED) is 0.519. The second kappa shape index (κ2) is 7.99. The molecule has 3 aliphatic rings.